The van der Waals surface area contributed by atoms with Crippen LogP contribution in [0.25, 0.3) is 16.5 Å². The molecule has 0 amide bonds. The first-order valence-corrected chi connectivity index (χ1v) is 5.47. The van der Waals surface area contributed by atoms with E-state index >= 15 is 0 Å². The molecule has 3 nitrogen and oxygen atoms in total. The van der Waals surface area contributed by atoms with E-state index in [9.17, 15) is 0 Å². The summed E-state index contributed by atoms with van der Waals surface area (Å²) in [5, 5.41) is 3.46. The summed E-state index contributed by atoms with van der Waals surface area (Å²) in [4.78, 5) is 2.70. The highest BCUT2D eigenvalue weighted by atomic mass is 79.9. The predicted octanol–water partition coefficient (Wildman–Crippen LogP) is 4.47. The van der Waals surface area contributed by atoms with E-state index in [4.69, 9.17) is 5.53 Å². The Kier molecular flexibility index (Phi) is 4.95. The molecule has 0 heterocycles. The Morgan fingerprint density at radius 3 is 3.07 bits per heavy atom. The van der Waals surface area contributed by atoms with Crippen LogP contribution < -0.4 is 0 Å². The van der Waals surface area contributed by atoms with Gasteiger partial charge in [0.25, 0.3) is 0 Å². The summed E-state index contributed by atoms with van der Waals surface area (Å²) >= 11 is 3.48. The first kappa shape index (κ1) is 11.8. The Balaban J connectivity index is 2.64. The van der Waals surface area contributed by atoms with Gasteiger partial charge >= 0.3 is 0 Å². The van der Waals surface area contributed by atoms with Gasteiger partial charge in [0, 0.05) is 15.9 Å². The van der Waals surface area contributed by atoms with Crippen LogP contribution in [0.15, 0.2) is 33.9 Å². The molecular weight excluding hydrogens is 254 g/mol. The van der Waals surface area contributed by atoms with Crippen molar-refractivity contribution in [3.8, 4) is 0 Å². The fourth-order valence-corrected chi connectivity index (χ4v) is 1.57. The molecule has 0 bridgehead atoms. The van der Waals surface area contributed by atoms with Crippen molar-refractivity contribution in [2.24, 2.45) is 5.11 Å². The highest BCUT2D eigenvalue weighted by Crippen LogP contribution is 2.20. The monoisotopic (exact) mass is 265 g/mol. The van der Waals surface area contributed by atoms with Gasteiger partial charge in [-0.3, -0.25) is 0 Å². The minimum absolute atomic E-state index is 0.514. The average Bonchev–Trinajstić information content (AvgIpc) is 2.24. The number of rotatable bonds is 4. The van der Waals surface area contributed by atoms with Crippen molar-refractivity contribution >= 4 is 22.0 Å². The molecule has 0 atom stereocenters. The molecule has 0 saturated carbocycles. The maximum absolute atomic E-state index is 8.09. The minimum atomic E-state index is 0.514. The third-order valence-electron chi connectivity index (χ3n) is 2.07. The number of benzene rings is 1. The first-order valence-electron chi connectivity index (χ1n) is 4.68. The summed E-state index contributed by atoms with van der Waals surface area (Å²) in [6.07, 6.45) is 4.84. The topological polar surface area (TPSA) is 48.8 Å². The summed E-state index contributed by atoms with van der Waals surface area (Å²) in [5.74, 6) is 0. The van der Waals surface area contributed by atoms with Crippen molar-refractivity contribution in [2.45, 2.75) is 13.3 Å². The molecule has 0 unspecified atom stereocenters. The highest BCUT2D eigenvalue weighted by Gasteiger charge is 1.96. The molecule has 4 heteroatoms. The Bertz CT molecular complexity index is 406. The second kappa shape index (κ2) is 6.27. The van der Waals surface area contributed by atoms with E-state index in [1.165, 1.54) is 11.1 Å². The summed E-state index contributed by atoms with van der Waals surface area (Å²) < 4.78 is 1.11. The van der Waals surface area contributed by atoms with Gasteiger partial charge in [-0.05, 0) is 36.1 Å². The highest BCUT2D eigenvalue weighted by molar-refractivity contribution is 9.10. The first-order chi connectivity index (χ1) is 7.25. The molecule has 1 aromatic carbocycles. The van der Waals surface area contributed by atoms with Crippen LogP contribution in [-0.2, 0) is 0 Å². The van der Waals surface area contributed by atoms with E-state index in [1.807, 2.05) is 24.3 Å². The van der Waals surface area contributed by atoms with Crippen LogP contribution in [0.5, 0.6) is 0 Å². The van der Waals surface area contributed by atoms with E-state index < -0.39 is 0 Å². The Morgan fingerprint density at radius 2 is 2.33 bits per heavy atom. The molecule has 1 rings (SSSR count). The second-order valence-electron chi connectivity index (χ2n) is 3.10. The second-order valence-corrected chi connectivity index (χ2v) is 3.95. The van der Waals surface area contributed by atoms with Gasteiger partial charge in [-0.25, -0.2) is 0 Å². The van der Waals surface area contributed by atoms with Crippen molar-refractivity contribution in [2.75, 3.05) is 6.54 Å². The standard InChI is InChI=1S/C11H12BrN3/c1-9-10(6-4-7-11(9)12)5-2-3-8-14-15-13/h2,4-7H,3,8H2,1H3. The summed E-state index contributed by atoms with van der Waals surface area (Å²) in [7, 11) is 0. The van der Waals surface area contributed by atoms with E-state index in [2.05, 4.69) is 38.9 Å². The van der Waals surface area contributed by atoms with E-state index in [0.29, 0.717) is 6.54 Å². The fraction of sp³-hybridized carbons (Fsp3) is 0.273. The van der Waals surface area contributed by atoms with Gasteiger partial charge in [-0.1, -0.05) is 45.3 Å². The van der Waals surface area contributed by atoms with E-state index in [0.717, 1.165) is 10.9 Å². The Morgan fingerprint density at radius 1 is 1.53 bits per heavy atom. The molecule has 0 N–H and O–H groups in total. The largest absolute Gasteiger partial charge is 0.0937 e. The summed E-state index contributed by atoms with van der Waals surface area (Å²) in [6, 6.07) is 6.08. The molecule has 0 aromatic heterocycles. The van der Waals surface area contributed by atoms with Crippen molar-refractivity contribution < 1.29 is 0 Å². The van der Waals surface area contributed by atoms with Gasteiger partial charge in [0.05, 0.1) is 0 Å². The third kappa shape index (κ3) is 3.78. The van der Waals surface area contributed by atoms with Crippen LogP contribution in [0.2, 0.25) is 0 Å². The maximum atomic E-state index is 8.09. The zero-order valence-electron chi connectivity index (χ0n) is 8.52. The molecule has 0 aliphatic heterocycles. The molecule has 1 aromatic rings. The SMILES string of the molecule is Cc1c(Br)cccc1C=CCCN=[N+]=[N-]. The predicted molar refractivity (Wildman–Crippen MR) is 66.5 cm³/mol. The lowest BCUT2D eigenvalue weighted by molar-refractivity contribution is 0.995. The molecule has 0 saturated heterocycles. The molecule has 78 valence electrons. The van der Waals surface area contributed by atoms with Crippen LogP contribution in [0, 0.1) is 6.92 Å². The van der Waals surface area contributed by atoms with Crippen molar-refractivity contribution in [1.82, 2.24) is 0 Å². The molecule has 0 aliphatic carbocycles. The van der Waals surface area contributed by atoms with Crippen LogP contribution in [-0.4, -0.2) is 6.54 Å². The van der Waals surface area contributed by atoms with Gasteiger partial charge in [0.1, 0.15) is 0 Å². The number of nitrogens with zero attached hydrogens (tertiary/aromatic N) is 3. The number of azide groups is 1. The molecule has 0 aliphatic rings. The number of hydrogen-bond donors (Lipinski definition) is 0. The maximum Gasteiger partial charge on any atom is 0.0292 e. The van der Waals surface area contributed by atoms with Gasteiger partial charge in [0.2, 0.25) is 0 Å². The molecular formula is C11H12BrN3. The van der Waals surface area contributed by atoms with Crippen molar-refractivity contribution in [3.05, 3.63) is 50.3 Å². The lowest BCUT2D eigenvalue weighted by Gasteiger charge is -2.01. The average molecular weight is 266 g/mol. The van der Waals surface area contributed by atoms with Crippen molar-refractivity contribution in [1.29, 1.82) is 0 Å². The number of hydrogen-bond acceptors (Lipinski definition) is 1. The van der Waals surface area contributed by atoms with Gasteiger partial charge in [-0.2, -0.15) is 0 Å². The summed E-state index contributed by atoms with van der Waals surface area (Å²) in [6.45, 7) is 2.58. The minimum Gasteiger partial charge on any atom is -0.0937 e. The molecule has 0 radical (unpaired) electrons. The fourth-order valence-electron chi connectivity index (χ4n) is 1.19. The molecule has 0 fully saturated rings. The van der Waals surface area contributed by atoms with Crippen molar-refractivity contribution in [3.63, 3.8) is 0 Å². The van der Waals surface area contributed by atoms with Gasteiger partial charge < -0.3 is 0 Å². The lowest BCUT2D eigenvalue weighted by Crippen LogP contribution is -1.81. The quantitative estimate of drug-likeness (QED) is 0.334. The zero-order chi connectivity index (χ0) is 11.1. The Hall–Kier alpha value is -1.25. The Labute approximate surface area is 97.6 Å². The van der Waals surface area contributed by atoms with Gasteiger partial charge in [0.15, 0.2) is 0 Å². The lowest BCUT2D eigenvalue weighted by atomic mass is 10.1. The van der Waals surface area contributed by atoms with Crippen LogP contribution in [0.4, 0.5) is 0 Å². The summed E-state index contributed by atoms with van der Waals surface area (Å²) in [5.41, 5.74) is 10.5. The molecule has 15 heavy (non-hydrogen) atoms. The van der Waals surface area contributed by atoms with Crippen LogP contribution >= 0.6 is 15.9 Å². The van der Waals surface area contributed by atoms with Gasteiger partial charge in [-0.15, -0.1) is 0 Å². The number of halogens is 1. The van der Waals surface area contributed by atoms with E-state index in [-0.39, 0.29) is 0 Å². The van der Waals surface area contributed by atoms with E-state index in [1.54, 1.807) is 0 Å². The zero-order valence-corrected chi connectivity index (χ0v) is 10.1. The van der Waals surface area contributed by atoms with Crippen LogP contribution in [0.1, 0.15) is 17.5 Å². The van der Waals surface area contributed by atoms with Crippen LogP contribution in [0.3, 0.4) is 0 Å². The third-order valence-corrected chi connectivity index (χ3v) is 2.93. The molecule has 0 spiro atoms. The smallest absolute Gasteiger partial charge is 0.0292 e. The normalized spacial score (nSPS) is 10.3.